The van der Waals surface area contributed by atoms with Gasteiger partial charge in [-0.25, -0.2) is 4.98 Å². The first kappa shape index (κ1) is 10.9. The monoisotopic (exact) mass is 235 g/mol. The molecule has 0 aliphatic carbocycles. The van der Waals surface area contributed by atoms with E-state index >= 15 is 0 Å². The van der Waals surface area contributed by atoms with Gasteiger partial charge in [0.15, 0.2) is 0 Å². The number of nitrogens with zero attached hydrogens (tertiary/aromatic N) is 1. The lowest BCUT2D eigenvalue weighted by Gasteiger charge is -2.01. The van der Waals surface area contributed by atoms with Crippen LogP contribution in [0.4, 0.5) is 11.4 Å². The quantitative estimate of drug-likeness (QED) is 0.782. The van der Waals surface area contributed by atoms with Crippen LogP contribution in [-0.4, -0.2) is 4.98 Å². The van der Waals surface area contributed by atoms with Gasteiger partial charge in [-0.1, -0.05) is 0 Å². The molecule has 1 aromatic heterocycles. The van der Waals surface area contributed by atoms with E-state index in [1.807, 2.05) is 26.0 Å². The maximum atomic E-state index is 5.72. The highest BCUT2D eigenvalue weighted by Gasteiger charge is 2.08. The van der Waals surface area contributed by atoms with Crippen molar-refractivity contribution < 1.29 is 4.42 Å². The Balaban J connectivity index is 2.23. The Kier molecular flexibility index (Phi) is 2.78. The van der Waals surface area contributed by atoms with Gasteiger partial charge in [-0.05, 0) is 43.8 Å². The molecule has 1 aromatic carbocycles. The maximum absolute atomic E-state index is 5.72. The number of aromatic nitrogens is 1. The zero-order valence-electron chi connectivity index (χ0n) is 9.15. The van der Waals surface area contributed by atoms with Crippen LogP contribution < -0.4 is 11.5 Å². The fraction of sp³-hybridized carbons (Fsp3) is 0.182. The number of anilines is 2. The minimum atomic E-state index is 0.574. The number of hydrogen-bond donors (Lipinski definition) is 2. The second-order valence-corrected chi connectivity index (χ2v) is 4.54. The Hall–Kier alpha value is -1.62. The van der Waals surface area contributed by atoms with Crippen LogP contribution in [0.3, 0.4) is 0 Å². The van der Waals surface area contributed by atoms with Crippen LogP contribution in [0.15, 0.2) is 32.7 Å². The van der Waals surface area contributed by atoms with Crippen LogP contribution in [-0.2, 0) is 0 Å². The fourth-order valence-electron chi connectivity index (χ4n) is 1.20. The van der Waals surface area contributed by atoms with Crippen LogP contribution in [0.25, 0.3) is 0 Å². The predicted molar refractivity (Wildman–Crippen MR) is 65.4 cm³/mol. The number of rotatable bonds is 2. The lowest BCUT2D eigenvalue weighted by Crippen LogP contribution is -1.93. The van der Waals surface area contributed by atoms with E-state index in [0.717, 1.165) is 16.3 Å². The van der Waals surface area contributed by atoms with Crippen molar-refractivity contribution in [1.82, 2.24) is 4.98 Å². The third-order valence-electron chi connectivity index (χ3n) is 2.27. The van der Waals surface area contributed by atoms with Crippen molar-refractivity contribution in [3.05, 3.63) is 29.7 Å². The van der Waals surface area contributed by atoms with E-state index in [-0.39, 0.29) is 0 Å². The molecule has 0 bridgehead atoms. The number of nitrogens with two attached hydrogens (primary N) is 2. The molecule has 5 heteroatoms. The van der Waals surface area contributed by atoms with Crippen molar-refractivity contribution in [1.29, 1.82) is 0 Å². The van der Waals surface area contributed by atoms with Gasteiger partial charge in [0.05, 0.1) is 17.1 Å². The smallest absolute Gasteiger partial charge is 0.260 e. The van der Waals surface area contributed by atoms with Crippen molar-refractivity contribution in [2.45, 2.75) is 24.0 Å². The van der Waals surface area contributed by atoms with Crippen LogP contribution >= 0.6 is 11.8 Å². The minimum Gasteiger partial charge on any atom is -0.436 e. The summed E-state index contributed by atoms with van der Waals surface area (Å²) in [6.07, 6.45) is 0. The average Bonchev–Trinajstić information content (AvgIpc) is 2.52. The number of hydrogen-bond acceptors (Lipinski definition) is 5. The molecule has 2 aromatic rings. The van der Waals surface area contributed by atoms with E-state index in [4.69, 9.17) is 15.9 Å². The fourth-order valence-corrected chi connectivity index (χ4v) is 2.08. The second-order valence-electron chi connectivity index (χ2n) is 3.51. The van der Waals surface area contributed by atoms with Crippen molar-refractivity contribution in [3.8, 4) is 0 Å². The second kappa shape index (κ2) is 4.09. The molecule has 4 N–H and O–H groups in total. The molecule has 4 nitrogen and oxygen atoms in total. The molecular formula is C11H13N3OS. The molecule has 1 heterocycles. The van der Waals surface area contributed by atoms with Gasteiger partial charge in [0.2, 0.25) is 0 Å². The van der Waals surface area contributed by atoms with Crippen LogP contribution in [0.5, 0.6) is 0 Å². The van der Waals surface area contributed by atoms with Crippen molar-refractivity contribution in [2.24, 2.45) is 0 Å². The first-order valence-electron chi connectivity index (χ1n) is 4.83. The highest BCUT2D eigenvalue weighted by atomic mass is 32.2. The minimum absolute atomic E-state index is 0.574. The van der Waals surface area contributed by atoms with Gasteiger partial charge in [0.1, 0.15) is 5.76 Å². The number of nitrogen functional groups attached to an aromatic ring is 2. The molecule has 0 aliphatic heterocycles. The topological polar surface area (TPSA) is 78.1 Å². The third-order valence-corrected chi connectivity index (χ3v) is 3.11. The Morgan fingerprint density at radius 2 is 1.94 bits per heavy atom. The molecule has 0 fully saturated rings. The predicted octanol–water partition coefficient (Wildman–Crippen LogP) is 2.61. The van der Waals surface area contributed by atoms with E-state index in [0.29, 0.717) is 16.6 Å². The summed E-state index contributed by atoms with van der Waals surface area (Å²) in [5.41, 5.74) is 13.4. The highest BCUT2D eigenvalue weighted by Crippen LogP contribution is 2.31. The van der Waals surface area contributed by atoms with Gasteiger partial charge >= 0.3 is 0 Å². The summed E-state index contributed by atoms with van der Waals surface area (Å²) >= 11 is 1.43. The molecule has 0 saturated heterocycles. The molecule has 2 rings (SSSR count). The molecule has 0 saturated carbocycles. The van der Waals surface area contributed by atoms with Crippen molar-refractivity contribution >= 4 is 23.1 Å². The zero-order chi connectivity index (χ0) is 11.7. The van der Waals surface area contributed by atoms with E-state index in [1.54, 1.807) is 6.07 Å². The normalized spacial score (nSPS) is 10.6. The number of aryl methyl sites for hydroxylation is 2. The SMILES string of the molecule is Cc1nc(Sc2ccc(N)c(N)c2)oc1C. The van der Waals surface area contributed by atoms with E-state index in [1.165, 1.54) is 11.8 Å². The molecule has 0 unspecified atom stereocenters. The van der Waals surface area contributed by atoms with E-state index in [2.05, 4.69) is 4.98 Å². The molecule has 16 heavy (non-hydrogen) atoms. The lowest BCUT2D eigenvalue weighted by atomic mass is 10.3. The standard InChI is InChI=1S/C11H13N3OS/c1-6-7(2)15-11(14-6)16-8-3-4-9(12)10(13)5-8/h3-5H,12-13H2,1-2H3. The van der Waals surface area contributed by atoms with Crippen molar-refractivity contribution in [2.75, 3.05) is 11.5 Å². The zero-order valence-corrected chi connectivity index (χ0v) is 9.97. The Labute approximate surface area is 98.0 Å². The van der Waals surface area contributed by atoms with Gasteiger partial charge in [0.25, 0.3) is 5.22 Å². The van der Waals surface area contributed by atoms with E-state index in [9.17, 15) is 0 Å². The first-order valence-corrected chi connectivity index (χ1v) is 5.65. The number of benzene rings is 1. The summed E-state index contributed by atoms with van der Waals surface area (Å²) in [6, 6.07) is 5.49. The summed E-state index contributed by atoms with van der Waals surface area (Å²) in [5.74, 6) is 0.839. The largest absolute Gasteiger partial charge is 0.436 e. The van der Waals surface area contributed by atoms with Gasteiger partial charge < -0.3 is 15.9 Å². The summed E-state index contributed by atoms with van der Waals surface area (Å²) in [5, 5.41) is 0.624. The summed E-state index contributed by atoms with van der Waals surface area (Å²) in [6.45, 7) is 3.81. The van der Waals surface area contributed by atoms with Gasteiger partial charge in [0, 0.05) is 4.90 Å². The average molecular weight is 235 g/mol. The molecule has 0 amide bonds. The molecule has 0 radical (unpaired) electrons. The number of oxazole rings is 1. The molecular weight excluding hydrogens is 222 g/mol. The first-order chi connectivity index (χ1) is 7.56. The van der Waals surface area contributed by atoms with Gasteiger partial charge in [-0.15, -0.1) is 0 Å². The Bertz CT molecular complexity index is 502. The molecule has 0 spiro atoms. The summed E-state index contributed by atoms with van der Waals surface area (Å²) < 4.78 is 5.47. The maximum Gasteiger partial charge on any atom is 0.260 e. The Morgan fingerprint density at radius 3 is 2.50 bits per heavy atom. The summed E-state index contributed by atoms with van der Waals surface area (Å²) in [7, 11) is 0. The van der Waals surface area contributed by atoms with Crippen LogP contribution in [0.1, 0.15) is 11.5 Å². The van der Waals surface area contributed by atoms with Crippen LogP contribution in [0, 0.1) is 13.8 Å². The van der Waals surface area contributed by atoms with Gasteiger partial charge in [-0.2, -0.15) is 0 Å². The lowest BCUT2D eigenvalue weighted by molar-refractivity contribution is 0.431. The van der Waals surface area contributed by atoms with Crippen molar-refractivity contribution in [3.63, 3.8) is 0 Å². The summed E-state index contributed by atoms with van der Waals surface area (Å²) in [4.78, 5) is 5.25. The Morgan fingerprint density at radius 1 is 1.19 bits per heavy atom. The molecule has 84 valence electrons. The highest BCUT2D eigenvalue weighted by molar-refractivity contribution is 7.99. The van der Waals surface area contributed by atoms with Crippen LogP contribution in [0.2, 0.25) is 0 Å². The molecule has 0 atom stereocenters. The third kappa shape index (κ3) is 2.14. The van der Waals surface area contributed by atoms with Gasteiger partial charge in [-0.3, -0.25) is 0 Å². The van der Waals surface area contributed by atoms with E-state index < -0.39 is 0 Å². The molecule has 0 aliphatic rings.